The number of anilines is 1. The summed E-state index contributed by atoms with van der Waals surface area (Å²) in [5.41, 5.74) is 1.57. The topological polar surface area (TPSA) is 69.0 Å². The van der Waals surface area contributed by atoms with Crippen LogP contribution in [0.2, 0.25) is 0 Å². The summed E-state index contributed by atoms with van der Waals surface area (Å²) in [5.74, 6) is 0.531. The zero-order valence-corrected chi connectivity index (χ0v) is 12.1. The highest BCUT2D eigenvalue weighted by Crippen LogP contribution is 2.20. The van der Waals surface area contributed by atoms with Crippen LogP contribution in [0, 0.1) is 11.3 Å². The molecule has 1 fully saturated rings. The van der Waals surface area contributed by atoms with Gasteiger partial charge in [0.2, 0.25) is 5.91 Å². The lowest BCUT2D eigenvalue weighted by molar-refractivity contribution is -0.128. The van der Waals surface area contributed by atoms with Crippen LogP contribution < -0.4 is 5.32 Å². The second kappa shape index (κ2) is 6.27. The Morgan fingerprint density at radius 2 is 2.09 bits per heavy atom. The normalized spacial score (nSPS) is 17.3. The number of pyridine rings is 1. The Morgan fingerprint density at radius 3 is 2.86 bits per heavy atom. The molecule has 0 aliphatic carbocycles. The van der Waals surface area contributed by atoms with Crippen LogP contribution in [0.1, 0.15) is 17.5 Å². The van der Waals surface area contributed by atoms with Gasteiger partial charge in [0.15, 0.2) is 0 Å². The molecule has 1 aliphatic heterocycles. The molecule has 0 spiro atoms. The van der Waals surface area contributed by atoms with Crippen molar-refractivity contribution in [2.24, 2.45) is 0 Å². The first kappa shape index (κ1) is 14.1. The molecular formula is C17H16N4O. The van der Waals surface area contributed by atoms with Crippen LogP contribution in [0.25, 0.3) is 0 Å². The first-order chi connectivity index (χ1) is 10.8. The van der Waals surface area contributed by atoms with Gasteiger partial charge in [-0.15, -0.1) is 0 Å². The van der Waals surface area contributed by atoms with Crippen LogP contribution in [0.4, 0.5) is 5.82 Å². The third-order valence-electron chi connectivity index (χ3n) is 3.75. The van der Waals surface area contributed by atoms with Crippen LogP contribution in [0.3, 0.4) is 0 Å². The van der Waals surface area contributed by atoms with Gasteiger partial charge in [-0.25, -0.2) is 4.98 Å². The van der Waals surface area contributed by atoms with Gasteiger partial charge in [0.1, 0.15) is 17.9 Å². The maximum atomic E-state index is 12.5. The second-order valence-electron chi connectivity index (χ2n) is 5.24. The van der Waals surface area contributed by atoms with Gasteiger partial charge >= 0.3 is 0 Å². The SMILES string of the molecule is N#Cc1cccnc1NC1CCN(Cc2ccccc2)C1=O. The van der Waals surface area contributed by atoms with Gasteiger partial charge in [0, 0.05) is 19.3 Å². The number of hydrogen-bond donors (Lipinski definition) is 1. The summed E-state index contributed by atoms with van der Waals surface area (Å²) in [6.45, 7) is 1.32. The number of carbonyl (C=O) groups excluding carboxylic acids is 1. The highest BCUT2D eigenvalue weighted by atomic mass is 16.2. The van der Waals surface area contributed by atoms with E-state index in [4.69, 9.17) is 5.26 Å². The minimum Gasteiger partial charge on any atom is -0.357 e. The lowest BCUT2D eigenvalue weighted by atomic mass is 10.2. The van der Waals surface area contributed by atoms with E-state index in [2.05, 4.69) is 16.4 Å². The first-order valence-electron chi connectivity index (χ1n) is 7.22. The minimum absolute atomic E-state index is 0.0541. The molecular weight excluding hydrogens is 276 g/mol. The molecule has 5 nitrogen and oxygen atoms in total. The number of carbonyl (C=O) groups is 1. The molecule has 1 aliphatic rings. The highest BCUT2D eigenvalue weighted by molar-refractivity contribution is 5.86. The molecule has 2 aromatic rings. The van der Waals surface area contributed by atoms with Crippen LogP contribution in [0.15, 0.2) is 48.7 Å². The number of aromatic nitrogens is 1. The molecule has 1 aromatic carbocycles. The van der Waals surface area contributed by atoms with Crippen molar-refractivity contribution in [1.82, 2.24) is 9.88 Å². The van der Waals surface area contributed by atoms with E-state index in [9.17, 15) is 4.79 Å². The third-order valence-corrected chi connectivity index (χ3v) is 3.75. The zero-order valence-electron chi connectivity index (χ0n) is 12.1. The first-order valence-corrected chi connectivity index (χ1v) is 7.22. The second-order valence-corrected chi connectivity index (χ2v) is 5.24. The molecule has 1 aromatic heterocycles. The molecule has 1 N–H and O–H groups in total. The van der Waals surface area contributed by atoms with E-state index in [1.165, 1.54) is 0 Å². The van der Waals surface area contributed by atoms with Gasteiger partial charge < -0.3 is 10.2 Å². The van der Waals surface area contributed by atoms with Crippen molar-refractivity contribution in [3.63, 3.8) is 0 Å². The van der Waals surface area contributed by atoms with E-state index in [1.54, 1.807) is 18.3 Å². The van der Waals surface area contributed by atoms with Gasteiger partial charge in [-0.2, -0.15) is 5.26 Å². The number of benzene rings is 1. The fraction of sp³-hybridized carbons (Fsp3) is 0.235. The van der Waals surface area contributed by atoms with Crippen LogP contribution >= 0.6 is 0 Å². The molecule has 1 saturated heterocycles. The number of nitriles is 1. The van der Waals surface area contributed by atoms with Crippen molar-refractivity contribution in [1.29, 1.82) is 5.26 Å². The predicted octanol–water partition coefficient (Wildman–Crippen LogP) is 2.17. The standard InChI is InChI=1S/C17H16N4O/c18-11-14-7-4-9-19-16(14)20-15-8-10-21(17(15)22)12-13-5-2-1-3-6-13/h1-7,9,15H,8,10,12H2,(H,19,20). The molecule has 0 bridgehead atoms. The number of hydrogen-bond acceptors (Lipinski definition) is 4. The number of amides is 1. The Bertz CT molecular complexity index is 708. The summed E-state index contributed by atoms with van der Waals surface area (Å²) in [5, 5.41) is 12.2. The van der Waals surface area contributed by atoms with Gasteiger partial charge in [0.05, 0.1) is 5.56 Å². The van der Waals surface area contributed by atoms with Crippen LogP contribution in [-0.4, -0.2) is 28.4 Å². The highest BCUT2D eigenvalue weighted by Gasteiger charge is 2.32. The fourth-order valence-electron chi connectivity index (χ4n) is 2.61. The molecule has 1 atom stereocenters. The maximum Gasteiger partial charge on any atom is 0.245 e. The molecule has 0 radical (unpaired) electrons. The van der Waals surface area contributed by atoms with E-state index in [0.717, 1.165) is 5.56 Å². The summed E-state index contributed by atoms with van der Waals surface area (Å²) in [7, 11) is 0. The largest absolute Gasteiger partial charge is 0.357 e. The summed E-state index contributed by atoms with van der Waals surface area (Å²) >= 11 is 0. The summed E-state index contributed by atoms with van der Waals surface area (Å²) in [6.07, 6.45) is 2.33. The molecule has 110 valence electrons. The molecule has 1 unspecified atom stereocenters. The number of rotatable bonds is 4. The molecule has 0 saturated carbocycles. The van der Waals surface area contributed by atoms with E-state index in [1.807, 2.05) is 35.2 Å². The number of likely N-dealkylation sites (tertiary alicyclic amines) is 1. The Balaban J connectivity index is 1.68. The van der Waals surface area contributed by atoms with Crippen LogP contribution in [-0.2, 0) is 11.3 Å². The van der Waals surface area contributed by atoms with Crippen molar-refractivity contribution in [3.05, 3.63) is 59.8 Å². The molecule has 1 amide bonds. The summed E-state index contributed by atoms with van der Waals surface area (Å²) in [4.78, 5) is 18.5. The average molecular weight is 292 g/mol. The van der Waals surface area contributed by atoms with Crippen molar-refractivity contribution >= 4 is 11.7 Å². The third kappa shape index (κ3) is 2.91. The number of nitrogens with zero attached hydrogens (tertiary/aromatic N) is 3. The Hall–Kier alpha value is -2.87. The van der Waals surface area contributed by atoms with Gasteiger partial charge in [-0.1, -0.05) is 30.3 Å². The smallest absolute Gasteiger partial charge is 0.245 e. The van der Waals surface area contributed by atoms with Gasteiger partial charge in [0.25, 0.3) is 0 Å². The minimum atomic E-state index is -0.314. The van der Waals surface area contributed by atoms with Gasteiger partial charge in [-0.3, -0.25) is 4.79 Å². The predicted molar refractivity (Wildman–Crippen MR) is 82.8 cm³/mol. The van der Waals surface area contributed by atoms with Crippen molar-refractivity contribution in [2.45, 2.75) is 19.0 Å². The fourth-order valence-corrected chi connectivity index (χ4v) is 2.61. The molecule has 22 heavy (non-hydrogen) atoms. The summed E-state index contributed by atoms with van der Waals surface area (Å²) in [6, 6.07) is 15.1. The van der Waals surface area contributed by atoms with Crippen LogP contribution in [0.5, 0.6) is 0 Å². The van der Waals surface area contributed by atoms with E-state index < -0.39 is 0 Å². The van der Waals surface area contributed by atoms with Crippen molar-refractivity contribution in [2.75, 3.05) is 11.9 Å². The maximum absolute atomic E-state index is 12.5. The lowest BCUT2D eigenvalue weighted by Gasteiger charge is -2.17. The van der Waals surface area contributed by atoms with Crippen molar-refractivity contribution < 1.29 is 4.79 Å². The average Bonchev–Trinajstić information content (AvgIpc) is 2.90. The summed E-state index contributed by atoms with van der Waals surface area (Å²) < 4.78 is 0. The van der Waals surface area contributed by atoms with E-state index >= 15 is 0 Å². The molecule has 5 heteroatoms. The van der Waals surface area contributed by atoms with Crippen molar-refractivity contribution in [3.8, 4) is 6.07 Å². The molecule has 3 rings (SSSR count). The van der Waals surface area contributed by atoms with E-state index in [-0.39, 0.29) is 11.9 Å². The Kier molecular flexibility index (Phi) is 4.01. The quantitative estimate of drug-likeness (QED) is 0.937. The molecule has 2 heterocycles. The van der Waals surface area contributed by atoms with Gasteiger partial charge in [-0.05, 0) is 24.1 Å². The Morgan fingerprint density at radius 1 is 1.27 bits per heavy atom. The monoisotopic (exact) mass is 292 g/mol. The lowest BCUT2D eigenvalue weighted by Crippen LogP contribution is -2.33. The Labute approximate surface area is 129 Å². The number of nitrogens with one attached hydrogen (secondary N) is 1. The zero-order chi connectivity index (χ0) is 15.4. The van der Waals surface area contributed by atoms with E-state index in [0.29, 0.717) is 30.9 Å².